The van der Waals surface area contributed by atoms with Gasteiger partial charge in [-0.3, -0.25) is 4.79 Å². The fourth-order valence-electron chi connectivity index (χ4n) is 5.62. The van der Waals surface area contributed by atoms with Gasteiger partial charge in [0.1, 0.15) is 8.07 Å². The first kappa shape index (κ1) is 24.4. The summed E-state index contributed by atoms with van der Waals surface area (Å²) in [5.41, 5.74) is 0.610. The Morgan fingerprint density at radius 1 is 0.853 bits per heavy atom. The van der Waals surface area contributed by atoms with Crippen molar-refractivity contribution in [3.8, 4) is 0 Å². The molecule has 3 aromatic carbocycles. The lowest BCUT2D eigenvalue weighted by Crippen LogP contribution is -2.68. The molecule has 0 saturated carbocycles. The first-order valence-electron chi connectivity index (χ1n) is 11.6. The third-order valence-corrected chi connectivity index (χ3v) is 15.0. The number of anilines is 1. The fraction of sp³-hybridized carbons (Fsp3) is 0.296. The van der Waals surface area contributed by atoms with Gasteiger partial charge in [-0.1, -0.05) is 91.8 Å². The number of carbonyl (C=O) groups excluding carboxylic acids is 1. The van der Waals surface area contributed by atoms with E-state index >= 15 is 0 Å². The summed E-state index contributed by atoms with van der Waals surface area (Å²) in [4.78, 5) is 16.1. The van der Waals surface area contributed by atoms with E-state index in [0.717, 1.165) is 12.1 Å². The van der Waals surface area contributed by atoms with E-state index in [1.165, 1.54) is 17.4 Å². The Labute approximate surface area is 203 Å². The molecule has 178 valence electrons. The summed E-state index contributed by atoms with van der Waals surface area (Å²) >= 11 is 0. The molecule has 0 unspecified atom stereocenters. The number of sulfonamides is 1. The Morgan fingerprint density at radius 2 is 1.35 bits per heavy atom. The van der Waals surface area contributed by atoms with Gasteiger partial charge >= 0.3 is 0 Å². The number of amides is 1. The first-order valence-corrected chi connectivity index (χ1v) is 15.1. The Balaban J connectivity index is 1.81. The number of nitrogens with zero attached hydrogens (tertiary/aromatic N) is 1. The minimum absolute atomic E-state index is 0.114. The Kier molecular flexibility index (Phi) is 6.55. The molecule has 1 aliphatic heterocycles. The Bertz CT molecular complexity index is 1220. The molecule has 1 aliphatic rings. The smallest absolute Gasteiger partial charge is 0.240 e. The minimum Gasteiger partial charge on any atom is -0.312 e. The van der Waals surface area contributed by atoms with Gasteiger partial charge in [-0.25, -0.2) is 13.1 Å². The van der Waals surface area contributed by atoms with Crippen LogP contribution in [0.4, 0.5) is 5.69 Å². The highest BCUT2D eigenvalue weighted by Crippen LogP contribution is 2.48. The number of nitrogens with one attached hydrogen (secondary N) is 1. The minimum atomic E-state index is -3.52. The SMILES string of the molecule is CNS(=O)(=O)c1ccc(N2CC[C@H]([Si](c3ccccc3)(c3ccccc3)C(C)(C)C)C2=O)cc1. The molecule has 1 atom stereocenters. The van der Waals surface area contributed by atoms with Crippen LogP contribution in [0.1, 0.15) is 27.2 Å². The van der Waals surface area contributed by atoms with Crippen LogP contribution in [0, 0.1) is 0 Å². The van der Waals surface area contributed by atoms with Crippen molar-refractivity contribution in [2.75, 3.05) is 18.5 Å². The van der Waals surface area contributed by atoms with Crippen molar-refractivity contribution in [3.05, 3.63) is 84.9 Å². The lowest BCUT2D eigenvalue weighted by Gasteiger charge is -2.47. The molecule has 0 aliphatic carbocycles. The average Bonchev–Trinajstić information content (AvgIpc) is 3.21. The van der Waals surface area contributed by atoms with E-state index in [4.69, 9.17) is 0 Å². The van der Waals surface area contributed by atoms with Gasteiger partial charge in [-0.15, -0.1) is 0 Å². The van der Waals surface area contributed by atoms with Crippen LogP contribution in [0.15, 0.2) is 89.8 Å². The summed E-state index contributed by atoms with van der Waals surface area (Å²) < 4.78 is 26.6. The zero-order valence-electron chi connectivity index (χ0n) is 20.2. The fourth-order valence-corrected chi connectivity index (χ4v) is 12.8. The number of carbonyl (C=O) groups is 1. The zero-order valence-corrected chi connectivity index (χ0v) is 22.0. The van der Waals surface area contributed by atoms with E-state index in [-0.39, 0.29) is 21.4 Å². The largest absolute Gasteiger partial charge is 0.312 e. The van der Waals surface area contributed by atoms with Crippen molar-refractivity contribution in [3.63, 3.8) is 0 Å². The van der Waals surface area contributed by atoms with Gasteiger partial charge in [0.2, 0.25) is 15.9 Å². The predicted molar refractivity (Wildman–Crippen MR) is 141 cm³/mol. The third kappa shape index (κ3) is 4.02. The van der Waals surface area contributed by atoms with Gasteiger partial charge in [-0.05, 0) is 42.8 Å². The summed E-state index contributed by atoms with van der Waals surface area (Å²) in [5.74, 6) is 0.124. The van der Waals surface area contributed by atoms with Gasteiger partial charge in [-0.2, -0.15) is 0 Å². The topological polar surface area (TPSA) is 66.5 Å². The normalized spacial score (nSPS) is 17.2. The third-order valence-electron chi connectivity index (χ3n) is 7.10. The molecule has 5 nitrogen and oxygen atoms in total. The first-order chi connectivity index (χ1) is 16.1. The van der Waals surface area contributed by atoms with Crippen molar-refractivity contribution in [1.82, 2.24) is 4.72 Å². The van der Waals surface area contributed by atoms with Crippen LogP contribution in [0.25, 0.3) is 0 Å². The molecule has 1 amide bonds. The van der Waals surface area contributed by atoms with E-state index in [1.54, 1.807) is 24.3 Å². The van der Waals surface area contributed by atoms with Crippen molar-refractivity contribution < 1.29 is 13.2 Å². The molecule has 1 fully saturated rings. The van der Waals surface area contributed by atoms with E-state index in [9.17, 15) is 13.2 Å². The maximum Gasteiger partial charge on any atom is 0.240 e. The molecule has 0 bridgehead atoms. The van der Waals surface area contributed by atoms with Crippen LogP contribution in [0.3, 0.4) is 0 Å². The molecular weight excluding hydrogens is 460 g/mol. The molecular formula is C27H32N2O3SSi. The average molecular weight is 493 g/mol. The molecule has 1 heterocycles. The summed E-state index contributed by atoms with van der Waals surface area (Å²) in [6, 6.07) is 27.7. The quantitative estimate of drug-likeness (QED) is 0.533. The van der Waals surface area contributed by atoms with E-state index in [1.807, 2.05) is 17.0 Å². The van der Waals surface area contributed by atoms with Crippen LogP contribution in [0.2, 0.25) is 10.6 Å². The van der Waals surface area contributed by atoms with Gasteiger partial charge < -0.3 is 4.90 Å². The molecule has 3 aromatic rings. The Morgan fingerprint density at radius 3 is 1.79 bits per heavy atom. The van der Waals surface area contributed by atoms with Crippen LogP contribution in [-0.2, 0) is 14.8 Å². The zero-order chi connectivity index (χ0) is 24.6. The molecule has 0 aromatic heterocycles. The van der Waals surface area contributed by atoms with E-state index in [2.05, 4.69) is 74.0 Å². The molecule has 0 spiro atoms. The van der Waals surface area contributed by atoms with Gasteiger partial charge in [0, 0.05) is 17.8 Å². The highest BCUT2D eigenvalue weighted by molar-refractivity contribution is 7.89. The van der Waals surface area contributed by atoms with Crippen molar-refractivity contribution in [1.29, 1.82) is 0 Å². The predicted octanol–water partition coefficient (Wildman–Crippen LogP) is 3.76. The molecule has 0 radical (unpaired) electrons. The van der Waals surface area contributed by atoms with E-state index in [0.29, 0.717) is 6.54 Å². The maximum atomic E-state index is 14.1. The number of rotatable bonds is 6. The standard InChI is InChI=1S/C27H32N2O3SSi/c1-27(2,3)34(23-11-7-5-8-12-23,24-13-9-6-10-14-24)25-19-20-29(26(25)30)21-15-17-22(18-16-21)33(31,32)28-4/h5-18,25,28H,19-20H2,1-4H3/t25-/m0/s1. The second-order valence-electron chi connectivity index (χ2n) is 9.82. The molecule has 7 heteroatoms. The number of benzene rings is 3. The summed E-state index contributed by atoms with van der Waals surface area (Å²) in [5, 5.41) is 2.42. The number of hydrogen-bond acceptors (Lipinski definition) is 3. The highest BCUT2D eigenvalue weighted by atomic mass is 32.2. The van der Waals surface area contributed by atoms with Crippen LogP contribution >= 0.6 is 0 Å². The molecule has 1 saturated heterocycles. The monoisotopic (exact) mass is 492 g/mol. The van der Waals surface area contributed by atoms with Crippen molar-refractivity contribution >= 4 is 40.1 Å². The maximum absolute atomic E-state index is 14.1. The Hall–Kier alpha value is -2.74. The van der Waals surface area contributed by atoms with E-state index < -0.39 is 18.1 Å². The van der Waals surface area contributed by atoms with Crippen LogP contribution in [-0.4, -0.2) is 36.0 Å². The van der Waals surface area contributed by atoms with Gasteiger partial charge in [0.25, 0.3) is 0 Å². The number of hydrogen-bond donors (Lipinski definition) is 1. The summed E-state index contributed by atoms with van der Waals surface area (Å²) in [6.45, 7) is 7.43. The molecule has 34 heavy (non-hydrogen) atoms. The van der Waals surface area contributed by atoms with Gasteiger partial charge in [0.05, 0.1) is 4.90 Å². The summed E-state index contributed by atoms with van der Waals surface area (Å²) in [7, 11) is -4.73. The second-order valence-corrected chi connectivity index (χ2v) is 16.7. The summed E-state index contributed by atoms with van der Waals surface area (Å²) in [6.07, 6.45) is 0.767. The molecule has 1 N–H and O–H groups in total. The lowest BCUT2D eigenvalue weighted by molar-refractivity contribution is -0.117. The van der Waals surface area contributed by atoms with Crippen molar-refractivity contribution in [2.45, 2.75) is 42.7 Å². The molecule has 4 rings (SSSR count). The van der Waals surface area contributed by atoms with Gasteiger partial charge in [0.15, 0.2) is 0 Å². The second kappa shape index (κ2) is 9.13. The lowest BCUT2D eigenvalue weighted by atomic mass is 10.2. The highest BCUT2D eigenvalue weighted by Gasteiger charge is 2.58. The van der Waals surface area contributed by atoms with Crippen LogP contribution < -0.4 is 20.0 Å². The van der Waals surface area contributed by atoms with Crippen LogP contribution in [0.5, 0.6) is 0 Å². The van der Waals surface area contributed by atoms with Crippen molar-refractivity contribution in [2.24, 2.45) is 0 Å².